The third-order valence-electron chi connectivity index (χ3n) is 2.08. The van der Waals surface area contributed by atoms with E-state index in [2.05, 4.69) is 5.32 Å². The smallest absolute Gasteiger partial charge is 0.237 e. The summed E-state index contributed by atoms with van der Waals surface area (Å²) in [7, 11) is 0. The van der Waals surface area contributed by atoms with Crippen molar-refractivity contribution in [3.63, 3.8) is 0 Å². The van der Waals surface area contributed by atoms with E-state index < -0.39 is 6.04 Å². The Balaban J connectivity index is 2.68. The van der Waals surface area contributed by atoms with Crippen molar-refractivity contribution in [3.05, 3.63) is 21.3 Å². The summed E-state index contributed by atoms with van der Waals surface area (Å²) < 4.78 is 0.735. The number of amides is 1. The average molecular weight is 247 g/mol. The molecular weight excluding hydrogens is 232 g/mol. The maximum Gasteiger partial charge on any atom is 0.237 e. The van der Waals surface area contributed by atoms with Crippen LogP contribution in [0.3, 0.4) is 0 Å². The molecule has 1 aromatic rings. The Kier molecular flexibility index (Phi) is 4.57. The van der Waals surface area contributed by atoms with Gasteiger partial charge in [-0.15, -0.1) is 11.3 Å². The molecule has 3 nitrogen and oxygen atoms in total. The summed E-state index contributed by atoms with van der Waals surface area (Å²) in [6.07, 6.45) is 0.829. The number of hydrogen-bond donors (Lipinski definition) is 2. The van der Waals surface area contributed by atoms with E-state index in [0.717, 1.165) is 15.6 Å². The Labute approximate surface area is 98.6 Å². The van der Waals surface area contributed by atoms with Crippen LogP contribution in [0.5, 0.6) is 0 Å². The van der Waals surface area contributed by atoms with Crippen molar-refractivity contribution in [2.24, 2.45) is 5.73 Å². The highest BCUT2D eigenvalue weighted by Crippen LogP contribution is 2.28. The largest absolute Gasteiger partial charge is 0.347 e. The molecule has 1 heterocycles. The van der Waals surface area contributed by atoms with E-state index in [1.54, 1.807) is 6.92 Å². The van der Waals surface area contributed by atoms with Crippen LogP contribution in [0, 0.1) is 0 Å². The van der Waals surface area contributed by atoms with Crippen LogP contribution in [0.1, 0.15) is 31.2 Å². The van der Waals surface area contributed by atoms with E-state index in [-0.39, 0.29) is 11.9 Å². The average Bonchev–Trinajstić information content (AvgIpc) is 2.60. The van der Waals surface area contributed by atoms with Gasteiger partial charge in [0.2, 0.25) is 5.91 Å². The predicted octanol–water partition coefficient (Wildman–Crippen LogP) is 2.32. The molecule has 0 aromatic carbocycles. The molecule has 0 bridgehead atoms. The minimum atomic E-state index is -0.477. The lowest BCUT2D eigenvalue weighted by molar-refractivity contribution is -0.122. The molecule has 0 aliphatic rings. The number of halogens is 1. The first-order valence-electron chi connectivity index (χ1n) is 4.85. The number of nitrogens with one attached hydrogen (secondary N) is 1. The van der Waals surface area contributed by atoms with Crippen molar-refractivity contribution in [3.8, 4) is 0 Å². The van der Waals surface area contributed by atoms with E-state index in [0.29, 0.717) is 0 Å². The fourth-order valence-corrected chi connectivity index (χ4v) is 2.39. The first-order valence-corrected chi connectivity index (χ1v) is 6.05. The van der Waals surface area contributed by atoms with Gasteiger partial charge in [0.15, 0.2) is 0 Å². The molecule has 2 unspecified atom stereocenters. The van der Waals surface area contributed by atoms with Gasteiger partial charge in [-0.25, -0.2) is 0 Å². The van der Waals surface area contributed by atoms with E-state index in [1.165, 1.54) is 11.3 Å². The van der Waals surface area contributed by atoms with Gasteiger partial charge in [0.25, 0.3) is 0 Å². The first kappa shape index (κ1) is 12.5. The lowest BCUT2D eigenvalue weighted by Gasteiger charge is -2.16. The Bertz CT molecular complexity index is 338. The lowest BCUT2D eigenvalue weighted by atomic mass is 10.2. The molecule has 5 heteroatoms. The van der Waals surface area contributed by atoms with E-state index in [1.807, 2.05) is 19.1 Å². The van der Waals surface area contributed by atoms with Gasteiger partial charge >= 0.3 is 0 Å². The van der Waals surface area contributed by atoms with Gasteiger partial charge in [0.1, 0.15) is 0 Å². The maximum atomic E-state index is 11.4. The zero-order valence-electron chi connectivity index (χ0n) is 8.79. The SMILES string of the molecule is CCC(NC(=O)C(C)N)c1ccc(Cl)s1. The second-order valence-corrected chi connectivity index (χ2v) is 5.15. The van der Waals surface area contributed by atoms with Crippen molar-refractivity contribution >= 4 is 28.8 Å². The molecule has 1 rings (SSSR count). The van der Waals surface area contributed by atoms with Crippen LogP contribution in [0.15, 0.2) is 12.1 Å². The molecule has 0 saturated carbocycles. The van der Waals surface area contributed by atoms with Crippen molar-refractivity contribution < 1.29 is 4.79 Å². The zero-order valence-corrected chi connectivity index (χ0v) is 10.4. The number of rotatable bonds is 4. The van der Waals surface area contributed by atoms with Crippen LogP contribution in [0.2, 0.25) is 4.34 Å². The van der Waals surface area contributed by atoms with Crippen molar-refractivity contribution in [2.75, 3.05) is 0 Å². The second-order valence-electron chi connectivity index (χ2n) is 3.40. The van der Waals surface area contributed by atoms with Crippen molar-refractivity contribution in [2.45, 2.75) is 32.4 Å². The Morgan fingerprint density at radius 3 is 2.73 bits per heavy atom. The highest BCUT2D eigenvalue weighted by atomic mass is 35.5. The van der Waals surface area contributed by atoms with Crippen molar-refractivity contribution in [1.29, 1.82) is 0 Å². The van der Waals surface area contributed by atoms with Crippen LogP contribution < -0.4 is 11.1 Å². The summed E-state index contributed by atoms with van der Waals surface area (Å²) in [5, 5.41) is 2.88. The molecule has 3 N–H and O–H groups in total. The van der Waals surface area contributed by atoms with Crippen LogP contribution >= 0.6 is 22.9 Å². The molecule has 0 fully saturated rings. The topological polar surface area (TPSA) is 55.1 Å². The number of nitrogens with two attached hydrogens (primary N) is 1. The van der Waals surface area contributed by atoms with E-state index in [4.69, 9.17) is 17.3 Å². The number of carbonyl (C=O) groups is 1. The Morgan fingerprint density at radius 2 is 2.33 bits per heavy atom. The molecule has 0 aliphatic heterocycles. The van der Waals surface area contributed by atoms with Gasteiger partial charge in [-0.05, 0) is 25.5 Å². The van der Waals surface area contributed by atoms with Crippen LogP contribution in [0.25, 0.3) is 0 Å². The standard InChI is InChI=1S/C10H15ClN2OS/c1-3-7(13-10(14)6(2)12)8-4-5-9(11)15-8/h4-7H,3,12H2,1-2H3,(H,13,14). The summed E-state index contributed by atoms with van der Waals surface area (Å²) in [6, 6.07) is 3.31. The summed E-state index contributed by atoms with van der Waals surface area (Å²) >= 11 is 7.33. The third kappa shape index (κ3) is 3.48. The highest BCUT2D eigenvalue weighted by Gasteiger charge is 2.16. The quantitative estimate of drug-likeness (QED) is 0.857. The molecule has 2 atom stereocenters. The number of carbonyl (C=O) groups excluding carboxylic acids is 1. The second kappa shape index (κ2) is 5.49. The molecule has 0 radical (unpaired) electrons. The summed E-state index contributed by atoms with van der Waals surface area (Å²) in [6.45, 7) is 3.68. The fraction of sp³-hybridized carbons (Fsp3) is 0.500. The molecule has 0 saturated heterocycles. The fourth-order valence-electron chi connectivity index (χ4n) is 1.19. The zero-order chi connectivity index (χ0) is 11.4. The molecule has 84 valence electrons. The minimum Gasteiger partial charge on any atom is -0.347 e. The van der Waals surface area contributed by atoms with Gasteiger partial charge in [-0.2, -0.15) is 0 Å². The van der Waals surface area contributed by atoms with E-state index in [9.17, 15) is 4.79 Å². The monoisotopic (exact) mass is 246 g/mol. The number of thiophene rings is 1. The van der Waals surface area contributed by atoms with Crippen molar-refractivity contribution in [1.82, 2.24) is 5.32 Å². The molecule has 0 spiro atoms. The van der Waals surface area contributed by atoms with Gasteiger partial charge in [-0.1, -0.05) is 18.5 Å². The highest BCUT2D eigenvalue weighted by molar-refractivity contribution is 7.16. The van der Waals surface area contributed by atoms with Gasteiger partial charge in [-0.3, -0.25) is 4.79 Å². The Morgan fingerprint density at radius 1 is 1.67 bits per heavy atom. The molecule has 1 amide bonds. The summed E-state index contributed by atoms with van der Waals surface area (Å²) in [5.41, 5.74) is 5.49. The van der Waals surface area contributed by atoms with Crippen LogP contribution in [-0.4, -0.2) is 11.9 Å². The predicted molar refractivity (Wildman–Crippen MR) is 64.2 cm³/mol. The minimum absolute atomic E-state index is 0.0148. The molecular formula is C10H15ClN2OS. The maximum absolute atomic E-state index is 11.4. The molecule has 15 heavy (non-hydrogen) atoms. The van der Waals surface area contributed by atoms with Gasteiger partial charge in [0, 0.05) is 4.88 Å². The number of hydrogen-bond acceptors (Lipinski definition) is 3. The van der Waals surface area contributed by atoms with E-state index >= 15 is 0 Å². The third-order valence-corrected chi connectivity index (χ3v) is 3.42. The molecule has 0 aliphatic carbocycles. The van der Waals surface area contributed by atoms with Gasteiger partial charge < -0.3 is 11.1 Å². The van der Waals surface area contributed by atoms with Crippen LogP contribution in [-0.2, 0) is 4.79 Å². The first-order chi connectivity index (χ1) is 7.04. The normalized spacial score (nSPS) is 14.7. The molecule has 1 aromatic heterocycles. The van der Waals surface area contributed by atoms with Gasteiger partial charge in [0.05, 0.1) is 16.4 Å². The van der Waals surface area contributed by atoms with Crippen LogP contribution in [0.4, 0.5) is 0 Å². The lowest BCUT2D eigenvalue weighted by Crippen LogP contribution is -2.39. The summed E-state index contributed by atoms with van der Waals surface area (Å²) in [5.74, 6) is -0.133. The Hall–Kier alpha value is -0.580. The summed E-state index contributed by atoms with van der Waals surface area (Å²) in [4.78, 5) is 12.5.